The molecule has 11 heteroatoms. The fourth-order valence-corrected chi connectivity index (χ4v) is 5.31. The summed E-state index contributed by atoms with van der Waals surface area (Å²) in [6, 6.07) is 14.4. The van der Waals surface area contributed by atoms with Crippen LogP contribution in [0, 0.1) is 0 Å². The highest BCUT2D eigenvalue weighted by molar-refractivity contribution is 5.80. The number of carbonyl (C=O) groups is 4. The molecule has 2 aromatic carbocycles. The molecule has 3 rings (SSSR count). The van der Waals surface area contributed by atoms with Gasteiger partial charge in [0.05, 0.1) is 0 Å². The molecular weight excluding hydrogens is 590 g/mol. The minimum absolute atomic E-state index is 0.0535. The van der Waals surface area contributed by atoms with Crippen molar-refractivity contribution in [3.63, 3.8) is 0 Å². The van der Waals surface area contributed by atoms with Gasteiger partial charge in [0.25, 0.3) is 0 Å². The predicted molar refractivity (Wildman–Crippen MR) is 175 cm³/mol. The van der Waals surface area contributed by atoms with Gasteiger partial charge in [0.2, 0.25) is 0 Å². The fourth-order valence-electron chi connectivity index (χ4n) is 5.31. The Balaban J connectivity index is 1.71. The van der Waals surface area contributed by atoms with Crippen molar-refractivity contribution in [2.45, 2.75) is 103 Å². The molecule has 3 N–H and O–H groups in total. The largest absolute Gasteiger partial charge is 0.480 e. The second kappa shape index (κ2) is 15.8. The van der Waals surface area contributed by atoms with Crippen LogP contribution < -0.4 is 10.6 Å². The Morgan fingerprint density at radius 1 is 0.826 bits per heavy atom. The Morgan fingerprint density at radius 2 is 1.39 bits per heavy atom. The zero-order chi connectivity index (χ0) is 34.1. The van der Waals surface area contributed by atoms with Crippen LogP contribution >= 0.6 is 0 Å². The van der Waals surface area contributed by atoms with E-state index in [0.717, 1.165) is 35.1 Å². The van der Waals surface area contributed by atoms with Crippen molar-refractivity contribution in [3.8, 4) is 11.1 Å². The van der Waals surface area contributed by atoms with E-state index in [2.05, 4.69) is 22.8 Å². The number of carboxylic acids is 1. The van der Waals surface area contributed by atoms with Crippen LogP contribution in [0.5, 0.6) is 0 Å². The maximum Gasteiger partial charge on any atom is 0.410 e. The van der Waals surface area contributed by atoms with Crippen LogP contribution in [0.3, 0.4) is 0 Å². The minimum Gasteiger partial charge on any atom is -0.480 e. The number of hydrogen-bond acceptors (Lipinski definition) is 7. The number of fused-ring (bicyclic) bond motifs is 3. The lowest BCUT2D eigenvalue weighted by atomic mass is 9.98. The number of alkyl carbamates (subject to hydrolysis) is 2. The molecule has 0 saturated heterocycles. The number of carboxylic acid groups (broad SMARTS) is 1. The van der Waals surface area contributed by atoms with Crippen LogP contribution in [0.4, 0.5) is 14.4 Å². The summed E-state index contributed by atoms with van der Waals surface area (Å²) in [5.74, 6) is -1.37. The quantitative estimate of drug-likeness (QED) is 0.206. The van der Waals surface area contributed by atoms with E-state index < -0.39 is 47.5 Å². The summed E-state index contributed by atoms with van der Waals surface area (Å²) < 4.78 is 16.6. The van der Waals surface area contributed by atoms with Gasteiger partial charge in [-0.25, -0.2) is 19.2 Å². The van der Waals surface area contributed by atoms with Crippen molar-refractivity contribution in [1.29, 1.82) is 0 Å². The first-order valence-corrected chi connectivity index (χ1v) is 15.9. The Labute approximate surface area is 272 Å². The molecular formula is C35H49N3O8. The van der Waals surface area contributed by atoms with Crippen LogP contribution in [0.25, 0.3) is 11.1 Å². The van der Waals surface area contributed by atoms with Crippen molar-refractivity contribution >= 4 is 24.2 Å². The van der Waals surface area contributed by atoms with Gasteiger partial charge >= 0.3 is 24.2 Å². The Hall–Kier alpha value is -4.28. The average molecular weight is 640 g/mol. The average Bonchev–Trinajstić information content (AvgIpc) is 3.27. The summed E-state index contributed by atoms with van der Waals surface area (Å²) in [6.45, 7) is 12.4. The number of aliphatic carboxylic acids is 1. The molecule has 2 aromatic rings. The number of nitrogens with zero attached hydrogens (tertiary/aromatic N) is 1. The molecule has 0 spiro atoms. The molecule has 0 saturated carbocycles. The maximum atomic E-state index is 13.3. The lowest BCUT2D eigenvalue weighted by Gasteiger charge is -2.31. The van der Waals surface area contributed by atoms with Crippen LogP contribution in [0.1, 0.15) is 91.2 Å². The van der Waals surface area contributed by atoms with E-state index in [-0.39, 0.29) is 32.0 Å². The molecule has 0 aromatic heterocycles. The summed E-state index contributed by atoms with van der Waals surface area (Å²) in [7, 11) is 0. The molecule has 2 atom stereocenters. The van der Waals surface area contributed by atoms with Gasteiger partial charge in [0, 0.05) is 25.0 Å². The number of amides is 3. The first-order chi connectivity index (χ1) is 21.6. The number of ether oxygens (including phenoxy) is 3. The van der Waals surface area contributed by atoms with E-state index in [1.165, 1.54) is 4.90 Å². The molecule has 252 valence electrons. The summed E-state index contributed by atoms with van der Waals surface area (Å²) in [5.41, 5.74) is 2.83. The standard InChI is InChI=1S/C35H49N3O8/c1-8-9-14-23(36-31(41)44-22-28-26-17-12-10-15-24(26)25-16-11-13-18-27(25)28)21-38(33(43)46-35(5,6)7)20-19-29(30(39)40)37-32(42)45-34(2,3)4/h10-13,15-18,23,28-29H,8-9,14,19-22H2,1-7H3,(H,36,41)(H,37,42)(H,39,40)/t23-,29-/m0/s1. The number of hydrogen-bond donors (Lipinski definition) is 3. The second-order valence-electron chi connectivity index (χ2n) is 13.6. The van der Waals surface area contributed by atoms with Crippen molar-refractivity contribution in [2.75, 3.05) is 19.7 Å². The Morgan fingerprint density at radius 3 is 1.91 bits per heavy atom. The van der Waals surface area contributed by atoms with Crippen molar-refractivity contribution in [3.05, 3.63) is 59.7 Å². The summed E-state index contributed by atoms with van der Waals surface area (Å²) in [4.78, 5) is 52.1. The molecule has 0 aliphatic heterocycles. The second-order valence-corrected chi connectivity index (χ2v) is 13.6. The minimum atomic E-state index is -1.32. The van der Waals surface area contributed by atoms with Crippen LogP contribution in [0.15, 0.2) is 48.5 Å². The smallest absolute Gasteiger partial charge is 0.410 e. The van der Waals surface area contributed by atoms with Gasteiger partial charge in [-0.15, -0.1) is 0 Å². The summed E-state index contributed by atoms with van der Waals surface area (Å²) in [5, 5.41) is 15.1. The van der Waals surface area contributed by atoms with Crippen molar-refractivity contribution in [2.24, 2.45) is 0 Å². The molecule has 1 aliphatic carbocycles. The molecule has 0 fully saturated rings. The van der Waals surface area contributed by atoms with E-state index in [1.807, 2.05) is 43.3 Å². The van der Waals surface area contributed by atoms with Gasteiger partial charge in [0.1, 0.15) is 23.9 Å². The topological polar surface area (TPSA) is 144 Å². The maximum absolute atomic E-state index is 13.3. The number of nitrogens with one attached hydrogen (secondary N) is 2. The SMILES string of the molecule is CCCC[C@@H](CN(CC[C@H](NC(=O)OC(C)(C)C)C(=O)O)C(=O)OC(C)(C)C)NC(=O)OCC1c2ccccc2-c2ccccc21. The van der Waals surface area contributed by atoms with Gasteiger partial charge in [-0.3, -0.25) is 0 Å². The van der Waals surface area contributed by atoms with E-state index in [0.29, 0.717) is 6.42 Å². The van der Waals surface area contributed by atoms with Gasteiger partial charge in [-0.05, 0) is 76.6 Å². The first kappa shape index (κ1) is 36.2. The summed E-state index contributed by atoms with van der Waals surface area (Å²) >= 11 is 0. The molecule has 11 nitrogen and oxygen atoms in total. The highest BCUT2D eigenvalue weighted by Crippen LogP contribution is 2.44. The number of carbonyl (C=O) groups excluding carboxylic acids is 3. The molecule has 0 heterocycles. The van der Waals surface area contributed by atoms with Crippen molar-refractivity contribution < 1.29 is 38.5 Å². The molecule has 46 heavy (non-hydrogen) atoms. The molecule has 3 amide bonds. The van der Waals surface area contributed by atoms with Gasteiger partial charge in [-0.2, -0.15) is 0 Å². The third kappa shape index (κ3) is 11.0. The number of rotatable bonds is 13. The van der Waals surface area contributed by atoms with E-state index in [9.17, 15) is 24.3 Å². The van der Waals surface area contributed by atoms with Gasteiger partial charge < -0.3 is 34.9 Å². The fraction of sp³-hybridized carbons (Fsp3) is 0.543. The van der Waals surface area contributed by atoms with E-state index in [4.69, 9.17) is 14.2 Å². The normalized spacial score (nSPS) is 13.9. The Kier molecular flexibility index (Phi) is 12.4. The number of benzene rings is 2. The zero-order valence-electron chi connectivity index (χ0n) is 28.1. The summed E-state index contributed by atoms with van der Waals surface area (Å²) in [6.07, 6.45) is -0.0732. The highest BCUT2D eigenvalue weighted by Gasteiger charge is 2.31. The first-order valence-electron chi connectivity index (χ1n) is 15.9. The molecule has 0 radical (unpaired) electrons. The third-order valence-electron chi connectivity index (χ3n) is 7.34. The third-order valence-corrected chi connectivity index (χ3v) is 7.34. The zero-order valence-corrected chi connectivity index (χ0v) is 28.1. The van der Waals surface area contributed by atoms with Gasteiger partial charge in [0.15, 0.2) is 0 Å². The lowest BCUT2D eigenvalue weighted by molar-refractivity contribution is -0.139. The lowest BCUT2D eigenvalue weighted by Crippen LogP contribution is -2.50. The molecule has 0 unspecified atom stereocenters. The van der Waals surface area contributed by atoms with Crippen LogP contribution in [-0.2, 0) is 19.0 Å². The van der Waals surface area contributed by atoms with Crippen LogP contribution in [-0.4, -0.2) is 77.2 Å². The van der Waals surface area contributed by atoms with E-state index in [1.54, 1.807) is 41.5 Å². The van der Waals surface area contributed by atoms with Crippen LogP contribution in [0.2, 0.25) is 0 Å². The van der Waals surface area contributed by atoms with Gasteiger partial charge in [-0.1, -0.05) is 68.3 Å². The number of unbranched alkanes of at least 4 members (excludes halogenated alkanes) is 1. The molecule has 0 bridgehead atoms. The van der Waals surface area contributed by atoms with Crippen molar-refractivity contribution in [1.82, 2.24) is 15.5 Å². The molecule has 1 aliphatic rings. The monoisotopic (exact) mass is 639 g/mol. The van der Waals surface area contributed by atoms with E-state index >= 15 is 0 Å². The highest BCUT2D eigenvalue weighted by atomic mass is 16.6. The predicted octanol–water partition coefficient (Wildman–Crippen LogP) is 6.69. The Bertz CT molecular complexity index is 1320.